The predicted octanol–water partition coefficient (Wildman–Crippen LogP) is 1.50. The largest absolute Gasteiger partial charge is 0.493 e. The first-order chi connectivity index (χ1) is 8.74. The minimum Gasteiger partial charge on any atom is -0.493 e. The number of likely N-dealkylation sites (N-methyl/N-ethyl adjacent to an activating group) is 1. The van der Waals surface area contributed by atoms with Gasteiger partial charge in [-0.3, -0.25) is 0 Å². The lowest BCUT2D eigenvalue weighted by Gasteiger charge is -2.16. The van der Waals surface area contributed by atoms with Crippen molar-refractivity contribution in [3.05, 3.63) is 23.8 Å². The molecular weight excluding hydrogens is 228 g/mol. The van der Waals surface area contributed by atoms with Crippen molar-refractivity contribution >= 4 is 0 Å². The third kappa shape index (κ3) is 2.94. The fourth-order valence-electron chi connectivity index (χ4n) is 2.45. The highest BCUT2D eigenvalue weighted by Crippen LogP contribution is 2.30. The fraction of sp³-hybridized carbons (Fsp3) is 0.571. The summed E-state index contributed by atoms with van der Waals surface area (Å²) in [7, 11) is 5.51. The number of nitrogens with one attached hydrogen (secondary N) is 1. The van der Waals surface area contributed by atoms with Crippen LogP contribution in [0.25, 0.3) is 0 Å². The Morgan fingerprint density at radius 1 is 1.33 bits per heavy atom. The van der Waals surface area contributed by atoms with E-state index in [0.29, 0.717) is 6.04 Å². The van der Waals surface area contributed by atoms with Gasteiger partial charge in [-0.05, 0) is 26.1 Å². The smallest absolute Gasteiger partial charge is 0.165 e. The molecule has 1 aliphatic rings. The maximum atomic E-state index is 5.43. The summed E-state index contributed by atoms with van der Waals surface area (Å²) >= 11 is 0. The van der Waals surface area contributed by atoms with Crippen LogP contribution in [0.2, 0.25) is 0 Å². The standard InChI is InChI=1S/C14H22N2O2/c1-16-8-7-12(10-16)15-9-11-5-4-6-13(17-2)14(11)18-3/h4-6,12,15H,7-10H2,1-3H3. The molecule has 18 heavy (non-hydrogen) atoms. The summed E-state index contributed by atoms with van der Waals surface area (Å²) < 4.78 is 10.7. The van der Waals surface area contributed by atoms with E-state index in [9.17, 15) is 0 Å². The second-order valence-electron chi connectivity index (χ2n) is 4.78. The normalized spacial score (nSPS) is 20.1. The van der Waals surface area contributed by atoms with Gasteiger partial charge in [0.2, 0.25) is 0 Å². The molecule has 1 unspecified atom stereocenters. The third-order valence-electron chi connectivity index (χ3n) is 3.46. The van der Waals surface area contributed by atoms with Crippen LogP contribution in [0.1, 0.15) is 12.0 Å². The number of hydrogen-bond acceptors (Lipinski definition) is 4. The number of rotatable bonds is 5. The van der Waals surface area contributed by atoms with Gasteiger partial charge in [-0.15, -0.1) is 0 Å². The van der Waals surface area contributed by atoms with Crippen molar-refractivity contribution < 1.29 is 9.47 Å². The summed E-state index contributed by atoms with van der Waals surface area (Å²) in [5.74, 6) is 1.62. The van der Waals surface area contributed by atoms with Crippen LogP contribution in [-0.4, -0.2) is 45.3 Å². The van der Waals surface area contributed by atoms with Crippen LogP contribution in [0, 0.1) is 0 Å². The molecule has 2 rings (SSSR count). The fourth-order valence-corrected chi connectivity index (χ4v) is 2.45. The number of para-hydroxylation sites is 1. The molecule has 1 heterocycles. The number of ether oxygens (including phenoxy) is 2. The maximum absolute atomic E-state index is 5.43. The molecular formula is C14H22N2O2. The van der Waals surface area contributed by atoms with Gasteiger partial charge < -0.3 is 19.7 Å². The number of benzene rings is 1. The van der Waals surface area contributed by atoms with Gasteiger partial charge in [-0.2, -0.15) is 0 Å². The van der Waals surface area contributed by atoms with Crippen LogP contribution in [0.4, 0.5) is 0 Å². The van der Waals surface area contributed by atoms with E-state index in [0.717, 1.165) is 30.2 Å². The molecule has 100 valence electrons. The molecule has 1 aromatic rings. The highest BCUT2D eigenvalue weighted by molar-refractivity contribution is 5.46. The lowest BCUT2D eigenvalue weighted by atomic mass is 10.1. The van der Waals surface area contributed by atoms with Gasteiger partial charge in [-0.25, -0.2) is 0 Å². The number of nitrogens with zero attached hydrogens (tertiary/aromatic N) is 1. The van der Waals surface area contributed by atoms with Crippen LogP contribution in [0.15, 0.2) is 18.2 Å². The first-order valence-electron chi connectivity index (χ1n) is 6.36. The average molecular weight is 250 g/mol. The second kappa shape index (κ2) is 6.07. The quantitative estimate of drug-likeness (QED) is 0.858. The molecule has 1 fully saturated rings. The van der Waals surface area contributed by atoms with Crippen LogP contribution < -0.4 is 14.8 Å². The van der Waals surface area contributed by atoms with E-state index in [1.165, 1.54) is 13.0 Å². The topological polar surface area (TPSA) is 33.7 Å². The molecule has 1 saturated heterocycles. The van der Waals surface area contributed by atoms with Crippen LogP contribution in [0.5, 0.6) is 11.5 Å². The molecule has 0 amide bonds. The Labute approximate surface area is 109 Å². The minimum atomic E-state index is 0.575. The van der Waals surface area contributed by atoms with E-state index in [2.05, 4.69) is 23.3 Å². The molecule has 1 atom stereocenters. The van der Waals surface area contributed by atoms with E-state index in [-0.39, 0.29) is 0 Å². The lowest BCUT2D eigenvalue weighted by Crippen LogP contribution is -2.31. The van der Waals surface area contributed by atoms with Gasteiger partial charge in [0.25, 0.3) is 0 Å². The van der Waals surface area contributed by atoms with E-state index in [4.69, 9.17) is 9.47 Å². The predicted molar refractivity (Wildman–Crippen MR) is 72.3 cm³/mol. The Morgan fingerprint density at radius 2 is 2.17 bits per heavy atom. The Hall–Kier alpha value is -1.26. The van der Waals surface area contributed by atoms with E-state index >= 15 is 0 Å². The summed E-state index contributed by atoms with van der Waals surface area (Å²) in [6, 6.07) is 6.57. The van der Waals surface area contributed by atoms with Crippen LogP contribution in [-0.2, 0) is 6.54 Å². The van der Waals surface area contributed by atoms with Crippen molar-refractivity contribution in [2.75, 3.05) is 34.4 Å². The molecule has 1 N–H and O–H groups in total. The molecule has 4 heteroatoms. The zero-order valence-corrected chi connectivity index (χ0v) is 11.4. The van der Waals surface area contributed by atoms with E-state index in [1.54, 1.807) is 14.2 Å². The van der Waals surface area contributed by atoms with Crippen molar-refractivity contribution in [3.63, 3.8) is 0 Å². The monoisotopic (exact) mass is 250 g/mol. The van der Waals surface area contributed by atoms with Crippen molar-refractivity contribution in [1.29, 1.82) is 0 Å². The molecule has 1 aliphatic heterocycles. The molecule has 0 bridgehead atoms. The number of likely N-dealkylation sites (tertiary alicyclic amines) is 1. The molecule has 4 nitrogen and oxygen atoms in total. The summed E-state index contributed by atoms with van der Waals surface area (Å²) in [6.07, 6.45) is 1.21. The Bertz CT molecular complexity index is 395. The minimum absolute atomic E-state index is 0.575. The van der Waals surface area contributed by atoms with Crippen molar-refractivity contribution in [2.45, 2.75) is 19.0 Å². The zero-order chi connectivity index (χ0) is 13.0. The van der Waals surface area contributed by atoms with Crippen LogP contribution in [0.3, 0.4) is 0 Å². The Morgan fingerprint density at radius 3 is 2.78 bits per heavy atom. The lowest BCUT2D eigenvalue weighted by molar-refractivity contribution is 0.349. The average Bonchev–Trinajstić information content (AvgIpc) is 2.81. The Balaban J connectivity index is 2.00. The third-order valence-corrected chi connectivity index (χ3v) is 3.46. The van der Waals surface area contributed by atoms with Gasteiger partial charge >= 0.3 is 0 Å². The number of methoxy groups -OCH3 is 2. The van der Waals surface area contributed by atoms with Gasteiger partial charge in [-0.1, -0.05) is 12.1 Å². The van der Waals surface area contributed by atoms with Crippen LogP contribution >= 0.6 is 0 Å². The van der Waals surface area contributed by atoms with Gasteiger partial charge in [0.05, 0.1) is 14.2 Å². The molecule has 0 radical (unpaired) electrons. The second-order valence-corrected chi connectivity index (χ2v) is 4.78. The first kappa shape index (κ1) is 13.2. The molecule has 0 saturated carbocycles. The zero-order valence-electron chi connectivity index (χ0n) is 11.4. The van der Waals surface area contributed by atoms with E-state index < -0.39 is 0 Å². The van der Waals surface area contributed by atoms with Crippen molar-refractivity contribution in [2.24, 2.45) is 0 Å². The van der Waals surface area contributed by atoms with Gasteiger partial charge in [0.1, 0.15) is 0 Å². The van der Waals surface area contributed by atoms with Crippen molar-refractivity contribution in [1.82, 2.24) is 10.2 Å². The summed E-state index contributed by atoms with van der Waals surface area (Å²) in [4.78, 5) is 2.35. The van der Waals surface area contributed by atoms with Crippen molar-refractivity contribution in [3.8, 4) is 11.5 Å². The Kier molecular flexibility index (Phi) is 4.44. The molecule has 0 aliphatic carbocycles. The highest BCUT2D eigenvalue weighted by Gasteiger charge is 2.19. The van der Waals surface area contributed by atoms with Gasteiger partial charge in [0.15, 0.2) is 11.5 Å². The summed E-state index contributed by atoms with van der Waals surface area (Å²) in [5, 5.41) is 3.58. The van der Waals surface area contributed by atoms with Gasteiger partial charge in [0, 0.05) is 24.7 Å². The molecule has 0 aromatic heterocycles. The maximum Gasteiger partial charge on any atom is 0.165 e. The number of hydrogen-bond donors (Lipinski definition) is 1. The summed E-state index contributed by atoms with van der Waals surface area (Å²) in [6.45, 7) is 3.11. The highest BCUT2D eigenvalue weighted by atomic mass is 16.5. The first-order valence-corrected chi connectivity index (χ1v) is 6.36. The summed E-state index contributed by atoms with van der Waals surface area (Å²) in [5.41, 5.74) is 1.14. The molecule has 0 spiro atoms. The SMILES string of the molecule is COc1cccc(CNC2CCN(C)C2)c1OC. The van der Waals surface area contributed by atoms with E-state index in [1.807, 2.05) is 12.1 Å². The molecule has 1 aromatic carbocycles.